The molecular formula is C32H29BO2S. The van der Waals surface area contributed by atoms with E-state index in [4.69, 9.17) is 4.65 Å². The largest absolute Gasteiger partial charge is 0.427 e. The van der Waals surface area contributed by atoms with Crippen LogP contribution in [0.2, 0.25) is 0 Å². The van der Waals surface area contributed by atoms with Crippen LogP contribution in [0.3, 0.4) is 0 Å². The van der Waals surface area contributed by atoms with Crippen LogP contribution >= 0.6 is 11.3 Å². The van der Waals surface area contributed by atoms with Gasteiger partial charge >= 0.3 is 7.48 Å². The van der Waals surface area contributed by atoms with Gasteiger partial charge < -0.3 is 9.76 Å². The molecule has 0 spiro atoms. The Morgan fingerprint density at radius 1 is 0.667 bits per heavy atom. The van der Waals surface area contributed by atoms with Crippen LogP contribution in [0.1, 0.15) is 27.7 Å². The Morgan fingerprint density at radius 3 is 2.22 bits per heavy atom. The van der Waals surface area contributed by atoms with Gasteiger partial charge in [-0.3, -0.25) is 0 Å². The highest BCUT2D eigenvalue weighted by Gasteiger charge is 2.35. The van der Waals surface area contributed by atoms with Crippen molar-refractivity contribution in [2.24, 2.45) is 0 Å². The summed E-state index contributed by atoms with van der Waals surface area (Å²) in [7, 11) is 0.452. The molecule has 0 radical (unpaired) electrons. The first-order valence-electron chi connectivity index (χ1n) is 12.4. The zero-order valence-corrected chi connectivity index (χ0v) is 21.9. The lowest BCUT2D eigenvalue weighted by Crippen LogP contribution is -2.49. The molecule has 0 bridgehead atoms. The minimum absolute atomic E-state index is 0.452. The maximum Gasteiger partial charge on any atom is 0.310 e. The molecule has 0 atom stereocenters. The lowest BCUT2D eigenvalue weighted by atomic mass is 9.80. The molecule has 0 saturated heterocycles. The number of aliphatic hydroxyl groups is 1. The van der Waals surface area contributed by atoms with E-state index in [0.29, 0.717) is 7.48 Å². The summed E-state index contributed by atoms with van der Waals surface area (Å²) < 4.78 is 8.79. The maximum absolute atomic E-state index is 10.5. The van der Waals surface area contributed by atoms with E-state index in [9.17, 15) is 5.11 Å². The van der Waals surface area contributed by atoms with Gasteiger partial charge in [0.1, 0.15) is 0 Å². The zero-order chi connectivity index (χ0) is 25.1. The molecule has 36 heavy (non-hydrogen) atoms. The number of benzene rings is 5. The molecule has 0 fully saturated rings. The highest BCUT2D eigenvalue weighted by atomic mass is 32.1. The molecule has 0 amide bonds. The van der Waals surface area contributed by atoms with Crippen molar-refractivity contribution >= 4 is 66.0 Å². The van der Waals surface area contributed by atoms with Crippen molar-refractivity contribution < 1.29 is 9.76 Å². The molecule has 1 N–H and O–H groups in total. The summed E-state index contributed by atoms with van der Waals surface area (Å²) >= 11 is 1.82. The molecule has 6 aromatic rings. The number of fused-ring (bicyclic) bond motifs is 6. The fourth-order valence-electron chi connectivity index (χ4n) is 4.83. The molecule has 4 heteroatoms. The van der Waals surface area contributed by atoms with Crippen LogP contribution in [0.5, 0.6) is 0 Å². The van der Waals surface area contributed by atoms with Crippen molar-refractivity contribution in [2.45, 2.75) is 38.9 Å². The van der Waals surface area contributed by atoms with Gasteiger partial charge in [0.25, 0.3) is 0 Å². The molecule has 1 aromatic heterocycles. The smallest absolute Gasteiger partial charge is 0.310 e. The second-order valence-corrected chi connectivity index (χ2v) is 11.8. The molecule has 5 aromatic carbocycles. The Hall–Kier alpha value is -3.18. The molecule has 178 valence electrons. The standard InChI is InChI=1S/C32H29BO2S/c1-31(2,34)32(3,4)35-33-27-10-7-11-29-30(27)26-19-22(15-17-28(26)36-29)21-14-16-25-23(18-21)13-12-20-8-5-6-9-24(20)25/h5-19,33-34H,1-4H3. The van der Waals surface area contributed by atoms with E-state index in [1.165, 1.54) is 52.8 Å². The number of hydrogen-bond acceptors (Lipinski definition) is 3. The van der Waals surface area contributed by atoms with Crippen molar-refractivity contribution in [2.75, 3.05) is 0 Å². The zero-order valence-electron chi connectivity index (χ0n) is 21.1. The summed E-state index contributed by atoms with van der Waals surface area (Å²) in [5, 5.41) is 18.1. The molecule has 6 rings (SSSR count). The molecular weight excluding hydrogens is 459 g/mol. The lowest BCUT2D eigenvalue weighted by Gasteiger charge is -2.37. The highest BCUT2D eigenvalue weighted by Crippen LogP contribution is 2.37. The third kappa shape index (κ3) is 3.90. The average molecular weight is 488 g/mol. The third-order valence-electron chi connectivity index (χ3n) is 7.72. The summed E-state index contributed by atoms with van der Waals surface area (Å²) in [6, 6.07) is 33.0. The minimum atomic E-state index is -0.938. The quantitative estimate of drug-likeness (QED) is 0.200. The second kappa shape index (κ2) is 8.45. The van der Waals surface area contributed by atoms with Crippen LogP contribution in [-0.4, -0.2) is 23.8 Å². The Labute approximate surface area is 216 Å². The van der Waals surface area contributed by atoms with E-state index < -0.39 is 11.2 Å². The normalized spacial score (nSPS) is 12.7. The van der Waals surface area contributed by atoms with Crippen LogP contribution in [0, 0.1) is 0 Å². The summed E-state index contributed by atoms with van der Waals surface area (Å²) in [6.45, 7) is 7.48. The Balaban J connectivity index is 1.44. The van der Waals surface area contributed by atoms with Gasteiger partial charge in [-0.1, -0.05) is 66.7 Å². The molecule has 1 heterocycles. The van der Waals surface area contributed by atoms with Crippen molar-refractivity contribution in [1.29, 1.82) is 0 Å². The topological polar surface area (TPSA) is 29.5 Å². The Morgan fingerprint density at radius 2 is 1.39 bits per heavy atom. The summed E-state index contributed by atoms with van der Waals surface area (Å²) in [4.78, 5) is 0. The van der Waals surface area contributed by atoms with Gasteiger partial charge in [0.15, 0.2) is 0 Å². The van der Waals surface area contributed by atoms with Crippen molar-refractivity contribution in [3.63, 3.8) is 0 Å². The third-order valence-corrected chi connectivity index (χ3v) is 8.86. The highest BCUT2D eigenvalue weighted by molar-refractivity contribution is 7.26. The Bertz CT molecular complexity index is 1760. The van der Waals surface area contributed by atoms with Crippen LogP contribution in [0.15, 0.2) is 91.0 Å². The first-order chi connectivity index (χ1) is 17.2. The number of hydrogen-bond donors (Lipinski definition) is 1. The van der Waals surface area contributed by atoms with Gasteiger partial charge in [0, 0.05) is 14.8 Å². The van der Waals surface area contributed by atoms with E-state index in [1.807, 2.05) is 25.2 Å². The first-order valence-corrected chi connectivity index (χ1v) is 13.3. The minimum Gasteiger partial charge on any atom is -0.427 e. The van der Waals surface area contributed by atoms with Gasteiger partial charge in [0.2, 0.25) is 0 Å². The van der Waals surface area contributed by atoms with Crippen molar-refractivity contribution in [3.8, 4) is 11.1 Å². The van der Waals surface area contributed by atoms with Crippen LogP contribution < -0.4 is 5.46 Å². The SMILES string of the molecule is CC(C)(O)C(C)(C)OBc1cccc2sc3ccc(-c4ccc5c(ccc6ccccc65)c4)cc3c12. The molecule has 2 nitrogen and oxygen atoms in total. The van der Waals surface area contributed by atoms with E-state index in [2.05, 4.69) is 91.0 Å². The fourth-order valence-corrected chi connectivity index (χ4v) is 5.96. The van der Waals surface area contributed by atoms with Crippen molar-refractivity contribution in [1.82, 2.24) is 0 Å². The fraction of sp³-hybridized carbons (Fsp3) is 0.188. The summed E-state index contributed by atoms with van der Waals surface area (Å²) in [5.41, 5.74) is 1.98. The molecule has 0 aliphatic rings. The summed E-state index contributed by atoms with van der Waals surface area (Å²) in [6.07, 6.45) is 0. The van der Waals surface area contributed by atoms with E-state index in [-0.39, 0.29) is 0 Å². The van der Waals surface area contributed by atoms with E-state index in [0.717, 1.165) is 5.46 Å². The second-order valence-electron chi connectivity index (χ2n) is 10.7. The lowest BCUT2D eigenvalue weighted by molar-refractivity contribution is -0.0893. The van der Waals surface area contributed by atoms with Gasteiger partial charge in [-0.15, -0.1) is 11.3 Å². The van der Waals surface area contributed by atoms with Crippen LogP contribution in [0.25, 0.3) is 52.8 Å². The van der Waals surface area contributed by atoms with Gasteiger partial charge in [-0.05, 0) is 95.5 Å². The number of rotatable bonds is 5. The van der Waals surface area contributed by atoms with Crippen LogP contribution in [0.4, 0.5) is 0 Å². The van der Waals surface area contributed by atoms with Crippen LogP contribution in [-0.2, 0) is 4.65 Å². The van der Waals surface area contributed by atoms with Crippen molar-refractivity contribution in [3.05, 3.63) is 91.0 Å². The summed E-state index contributed by atoms with van der Waals surface area (Å²) in [5.74, 6) is 0. The molecule has 0 saturated carbocycles. The maximum atomic E-state index is 10.5. The van der Waals surface area contributed by atoms with Gasteiger partial charge in [-0.2, -0.15) is 0 Å². The Kier molecular flexibility index (Phi) is 5.45. The van der Waals surface area contributed by atoms with Gasteiger partial charge in [0.05, 0.1) is 11.2 Å². The monoisotopic (exact) mass is 488 g/mol. The average Bonchev–Trinajstić information content (AvgIpc) is 3.25. The van der Waals surface area contributed by atoms with Gasteiger partial charge in [-0.25, -0.2) is 0 Å². The first kappa shape index (κ1) is 23.2. The molecule has 0 aliphatic carbocycles. The molecule has 0 unspecified atom stereocenters. The predicted molar refractivity (Wildman–Crippen MR) is 158 cm³/mol. The van der Waals surface area contributed by atoms with E-state index >= 15 is 0 Å². The number of thiophene rings is 1. The molecule has 0 aliphatic heterocycles. The van der Waals surface area contributed by atoms with E-state index in [1.54, 1.807) is 13.8 Å². The predicted octanol–water partition coefficient (Wildman–Crippen LogP) is 7.57.